The van der Waals surface area contributed by atoms with E-state index in [2.05, 4.69) is 5.32 Å². The summed E-state index contributed by atoms with van der Waals surface area (Å²) in [5.74, 6) is 0.309. The van der Waals surface area contributed by atoms with Crippen LogP contribution in [0.4, 0.5) is 10.5 Å². The second-order valence-electron chi connectivity index (χ2n) is 6.05. The first kappa shape index (κ1) is 17.2. The minimum absolute atomic E-state index is 0.00714. The quantitative estimate of drug-likeness (QED) is 0.595. The molecule has 1 aromatic carbocycles. The van der Waals surface area contributed by atoms with Gasteiger partial charge >= 0.3 is 6.03 Å². The molecule has 0 aliphatic heterocycles. The Labute approximate surface area is 135 Å². The number of hydrogen-bond acceptors (Lipinski definition) is 4. The number of aliphatic hydroxyl groups excluding tert-OH is 1. The molecule has 2 unspecified atom stereocenters. The van der Waals surface area contributed by atoms with Crippen molar-refractivity contribution in [1.29, 1.82) is 0 Å². The van der Waals surface area contributed by atoms with E-state index < -0.39 is 11.0 Å². The number of nitrogens with zero attached hydrogens (tertiary/aromatic N) is 2. The lowest BCUT2D eigenvalue weighted by molar-refractivity contribution is -0.384. The molecule has 2 atom stereocenters. The number of carbonyl (C=O) groups is 1. The average molecular weight is 321 g/mol. The molecule has 0 saturated heterocycles. The molecule has 7 nitrogen and oxygen atoms in total. The van der Waals surface area contributed by atoms with E-state index in [0.29, 0.717) is 24.4 Å². The zero-order valence-electron chi connectivity index (χ0n) is 13.4. The fraction of sp³-hybridized carbons (Fsp3) is 0.562. The molecule has 1 aliphatic rings. The van der Waals surface area contributed by atoms with E-state index in [0.717, 1.165) is 12.8 Å². The van der Waals surface area contributed by atoms with Gasteiger partial charge in [-0.25, -0.2) is 4.79 Å². The lowest BCUT2D eigenvalue weighted by atomic mass is 10.0. The number of amides is 2. The smallest absolute Gasteiger partial charge is 0.317 e. The van der Waals surface area contributed by atoms with Gasteiger partial charge in [0.15, 0.2) is 0 Å². The molecule has 0 aromatic heterocycles. The lowest BCUT2D eigenvalue weighted by Gasteiger charge is -2.25. The minimum atomic E-state index is -0.483. The minimum Gasteiger partial charge on any atom is -0.391 e. The van der Waals surface area contributed by atoms with Crippen molar-refractivity contribution < 1.29 is 14.8 Å². The highest BCUT2D eigenvalue weighted by Crippen LogP contribution is 2.32. The highest BCUT2D eigenvalue weighted by Gasteiger charge is 2.31. The van der Waals surface area contributed by atoms with Gasteiger partial charge in [0.25, 0.3) is 5.69 Å². The van der Waals surface area contributed by atoms with Gasteiger partial charge in [0, 0.05) is 25.7 Å². The van der Waals surface area contributed by atoms with Gasteiger partial charge in [0.2, 0.25) is 0 Å². The number of rotatable bonds is 7. The topological polar surface area (TPSA) is 95.7 Å². The largest absolute Gasteiger partial charge is 0.391 e. The summed E-state index contributed by atoms with van der Waals surface area (Å²) in [4.78, 5) is 24.1. The lowest BCUT2D eigenvalue weighted by Crippen LogP contribution is -2.43. The van der Waals surface area contributed by atoms with Gasteiger partial charge in [-0.15, -0.1) is 0 Å². The van der Waals surface area contributed by atoms with Gasteiger partial charge < -0.3 is 15.3 Å². The van der Waals surface area contributed by atoms with E-state index in [4.69, 9.17) is 0 Å². The van der Waals surface area contributed by atoms with Gasteiger partial charge in [-0.05, 0) is 30.7 Å². The maximum Gasteiger partial charge on any atom is 0.317 e. The summed E-state index contributed by atoms with van der Waals surface area (Å²) >= 11 is 0. The van der Waals surface area contributed by atoms with Gasteiger partial charge in [0.05, 0.1) is 17.1 Å². The number of benzene rings is 1. The van der Waals surface area contributed by atoms with Crippen molar-refractivity contribution in [3.8, 4) is 0 Å². The van der Waals surface area contributed by atoms with Crippen LogP contribution in [0.15, 0.2) is 24.3 Å². The molecule has 0 bridgehead atoms. The first-order chi connectivity index (χ1) is 10.9. The van der Waals surface area contributed by atoms with E-state index in [1.807, 2.05) is 6.92 Å². The predicted octanol–water partition coefficient (Wildman–Crippen LogP) is 2.46. The second kappa shape index (κ2) is 7.41. The predicted molar refractivity (Wildman–Crippen MR) is 86.0 cm³/mol. The van der Waals surface area contributed by atoms with Crippen LogP contribution in [0, 0.1) is 16.0 Å². The molecule has 1 aromatic rings. The number of likely N-dealkylation sites (N-methyl/N-ethyl adjacent to an activating group) is 1. The SMILES string of the molecule is CCC(NC(=O)N(C)CC(O)C1CC1)c1cccc([N+](=O)[O-])c1. The summed E-state index contributed by atoms with van der Waals surface area (Å²) < 4.78 is 0. The number of nitrogens with one attached hydrogen (secondary N) is 1. The highest BCUT2D eigenvalue weighted by atomic mass is 16.6. The Kier molecular flexibility index (Phi) is 5.54. The molecule has 0 radical (unpaired) electrons. The van der Waals surface area contributed by atoms with Crippen LogP contribution in [0.3, 0.4) is 0 Å². The van der Waals surface area contributed by atoms with Crippen molar-refractivity contribution in [3.63, 3.8) is 0 Å². The molecule has 1 fully saturated rings. The fourth-order valence-electron chi connectivity index (χ4n) is 2.53. The third-order valence-corrected chi connectivity index (χ3v) is 4.16. The molecule has 0 heterocycles. The van der Waals surface area contributed by atoms with Crippen molar-refractivity contribution in [2.24, 2.45) is 5.92 Å². The Bertz CT molecular complexity index is 574. The molecule has 1 aliphatic carbocycles. The van der Waals surface area contributed by atoms with Gasteiger partial charge in [-0.1, -0.05) is 19.1 Å². The zero-order valence-corrected chi connectivity index (χ0v) is 13.4. The molecular formula is C16H23N3O4. The standard InChI is InChI=1S/C16H23N3O4/c1-3-14(12-5-4-6-13(9-12)19(22)23)17-16(21)18(2)10-15(20)11-7-8-11/h4-6,9,11,14-15,20H,3,7-8,10H2,1-2H3,(H,17,21). The van der Waals surface area contributed by atoms with Crippen molar-refractivity contribution >= 4 is 11.7 Å². The van der Waals surface area contributed by atoms with Gasteiger partial charge in [-0.3, -0.25) is 10.1 Å². The first-order valence-electron chi connectivity index (χ1n) is 7.86. The summed E-state index contributed by atoms with van der Waals surface area (Å²) in [5.41, 5.74) is 0.707. The van der Waals surface area contributed by atoms with Crippen LogP contribution in [0.25, 0.3) is 0 Å². The van der Waals surface area contributed by atoms with Crippen LogP contribution >= 0.6 is 0 Å². The number of hydrogen-bond donors (Lipinski definition) is 2. The Morgan fingerprint density at radius 3 is 2.78 bits per heavy atom. The maximum atomic E-state index is 12.3. The third kappa shape index (κ3) is 4.66. The Morgan fingerprint density at radius 1 is 1.52 bits per heavy atom. The third-order valence-electron chi connectivity index (χ3n) is 4.16. The summed E-state index contributed by atoms with van der Waals surface area (Å²) in [7, 11) is 1.64. The molecule has 0 spiro atoms. The van der Waals surface area contributed by atoms with Gasteiger partial charge in [-0.2, -0.15) is 0 Å². The van der Waals surface area contributed by atoms with Crippen molar-refractivity contribution in [3.05, 3.63) is 39.9 Å². The molecular weight excluding hydrogens is 298 g/mol. The summed E-state index contributed by atoms with van der Waals surface area (Å²) in [6, 6.07) is 5.69. The molecule has 1 saturated carbocycles. The van der Waals surface area contributed by atoms with Crippen LogP contribution in [0.1, 0.15) is 37.8 Å². The summed E-state index contributed by atoms with van der Waals surface area (Å²) in [5, 5.41) is 23.7. The van der Waals surface area contributed by atoms with E-state index in [1.54, 1.807) is 19.2 Å². The van der Waals surface area contributed by atoms with Crippen molar-refractivity contribution in [2.75, 3.05) is 13.6 Å². The Hall–Kier alpha value is -2.15. The zero-order chi connectivity index (χ0) is 17.0. The highest BCUT2D eigenvalue weighted by molar-refractivity contribution is 5.74. The van der Waals surface area contributed by atoms with Crippen LogP contribution in [-0.2, 0) is 0 Å². The normalized spacial score (nSPS) is 16.5. The van der Waals surface area contributed by atoms with Crippen LogP contribution < -0.4 is 5.32 Å². The number of non-ortho nitro benzene ring substituents is 1. The number of nitro benzene ring substituents is 1. The maximum absolute atomic E-state index is 12.3. The number of aliphatic hydroxyl groups is 1. The fourth-order valence-corrected chi connectivity index (χ4v) is 2.53. The van der Waals surface area contributed by atoms with Crippen LogP contribution in [0.2, 0.25) is 0 Å². The Balaban J connectivity index is 1.98. The Morgan fingerprint density at radius 2 is 2.22 bits per heavy atom. The van der Waals surface area contributed by atoms with E-state index in [9.17, 15) is 20.0 Å². The van der Waals surface area contributed by atoms with Gasteiger partial charge in [0.1, 0.15) is 0 Å². The molecule has 7 heteroatoms. The van der Waals surface area contributed by atoms with Crippen molar-refractivity contribution in [2.45, 2.75) is 38.3 Å². The molecule has 2 rings (SSSR count). The van der Waals surface area contributed by atoms with Crippen LogP contribution in [-0.4, -0.2) is 40.7 Å². The second-order valence-corrected chi connectivity index (χ2v) is 6.05. The molecule has 2 N–H and O–H groups in total. The van der Waals surface area contributed by atoms with E-state index in [-0.39, 0.29) is 17.8 Å². The number of urea groups is 1. The van der Waals surface area contributed by atoms with E-state index >= 15 is 0 Å². The summed E-state index contributed by atoms with van der Waals surface area (Å²) in [6.07, 6.45) is 2.17. The average Bonchev–Trinajstić information content (AvgIpc) is 3.37. The monoisotopic (exact) mass is 321 g/mol. The van der Waals surface area contributed by atoms with Crippen molar-refractivity contribution in [1.82, 2.24) is 10.2 Å². The molecule has 126 valence electrons. The number of nitro groups is 1. The summed E-state index contributed by atoms with van der Waals surface area (Å²) in [6.45, 7) is 2.20. The molecule has 23 heavy (non-hydrogen) atoms. The molecule has 2 amide bonds. The van der Waals surface area contributed by atoms with E-state index in [1.165, 1.54) is 17.0 Å². The first-order valence-corrected chi connectivity index (χ1v) is 7.86. The number of carbonyl (C=O) groups excluding carboxylic acids is 1. The van der Waals surface area contributed by atoms with Crippen LogP contribution in [0.5, 0.6) is 0 Å².